The lowest BCUT2D eigenvalue weighted by Gasteiger charge is -2.31. The van der Waals surface area contributed by atoms with Gasteiger partial charge in [-0.2, -0.15) is 0 Å². The largest absolute Gasteiger partial charge is 0.478 e. The van der Waals surface area contributed by atoms with Crippen LogP contribution in [0, 0.1) is 5.92 Å². The summed E-state index contributed by atoms with van der Waals surface area (Å²) in [5, 5.41) is 14.8. The van der Waals surface area contributed by atoms with Gasteiger partial charge in [-0.1, -0.05) is 44.0 Å². The van der Waals surface area contributed by atoms with Crippen LogP contribution < -0.4 is 5.32 Å². The summed E-state index contributed by atoms with van der Waals surface area (Å²) >= 11 is 0. The van der Waals surface area contributed by atoms with Crippen molar-refractivity contribution in [1.82, 2.24) is 0 Å². The summed E-state index contributed by atoms with van der Waals surface area (Å²) in [4.78, 5) is 11.3. The number of nitrogens with one attached hydrogen (secondary N) is 1. The molecular formula is C18H21NO2. The zero-order valence-electron chi connectivity index (χ0n) is 12.3. The van der Waals surface area contributed by atoms with Gasteiger partial charge in [0.1, 0.15) is 0 Å². The molecule has 0 radical (unpaired) electrons. The third-order valence-corrected chi connectivity index (χ3v) is 4.61. The van der Waals surface area contributed by atoms with Crippen LogP contribution in [-0.4, -0.2) is 17.1 Å². The summed E-state index contributed by atoms with van der Waals surface area (Å²) in [5.41, 5.74) is 1.42. The van der Waals surface area contributed by atoms with E-state index < -0.39 is 5.97 Å². The number of aromatic carboxylic acids is 1. The highest BCUT2D eigenvalue weighted by molar-refractivity contribution is 6.07. The standard InChI is InChI=1S/C18H21NO2/c1-12-6-2-5-9-16(12)19-17-11-10-15(18(20)21)13-7-3-4-8-14(13)17/h3-4,7-8,10-12,16,19H,2,5-6,9H2,1H3,(H,20,21). The molecule has 0 heterocycles. The molecule has 2 aromatic carbocycles. The van der Waals surface area contributed by atoms with Crippen molar-refractivity contribution in [1.29, 1.82) is 0 Å². The number of rotatable bonds is 3. The molecule has 0 bridgehead atoms. The van der Waals surface area contributed by atoms with Gasteiger partial charge >= 0.3 is 5.97 Å². The van der Waals surface area contributed by atoms with Crippen molar-refractivity contribution in [3.8, 4) is 0 Å². The molecule has 110 valence electrons. The van der Waals surface area contributed by atoms with Crippen LogP contribution in [0.15, 0.2) is 36.4 Å². The van der Waals surface area contributed by atoms with E-state index in [1.807, 2.05) is 30.3 Å². The van der Waals surface area contributed by atoms with E-state index in [1.165, 1.54) is 25.7 Å². The first kappa shape index (κ1) is 13.9. The number of hydrogen-bond donors (Lipinski definition) is 2. The molecule has 0 spiro atoms. The molecule has 3 rings (SSSR count). The first-order valence-corrected chi connectivity index (χ1v) is 7.68. The van der Waals surface area contributed by atoms with Crippen molar-refractivity contribution >= 4 is 22.4 Å². The Kier molecular flexibility index (Phi) is 3.82. The van der Waals surface area contributed by atoms with Crippen molar-refractivity contribution in [3.05, 3.63) is 42.0 Å². The summed E-state index contributed by atoms with van der Waals surface area (Å²) < 4.78 is 0. The normalized spacial score (nSPS) is 22.1. The van der Waals surface area contributed by atoms with E-state index in [2.05, 4.69) is 12.2 Å². The van der Waals surface area contributed by atoms with Crippen molar-refractivity contribution in [3.63, 3.8) is 0 Å². The first-order valence-electron chi connectivity index (χ1n) is 7.68. The number of carboxylic acids is 1. The van der Waals surface area contributed by atoms with E-state index in [-0.39, 0.29) is 0 Å². The number of hydrogen-bond acceptors (Lipinski definition) is 2. The van der Waals surface area contributed by atoms with Gasteiger partial charge in [-0.3, -0.25) is 0 Å². The number of benzene rings is 2. The highest BCUT2D eigenvalue weighted by atomic mass is 16.4. The lowest BCUT2D eigenvalue weighted by atomic mass is 9.85. The number of anilines is 1. The molecular weight excluding hydrogens is 262 g/mol. The number of fused-ring (bicyclic) bond motifs is 1. The summed E-state index contributed by atoms with van der Waals surface area (Å²) in [6.07, 6.45) is 5.05. The Morgan fingerprint density at radius 1 is 1.10 bits per heavy atom. The van der Waals surface area contributed by atoms with Crippen molar-refractivity contribution in [2.24, 2.45) is 5.92 Å². The lowest BCUT2D eigenvalue weighted by Crippen LogP contribution is -2.30. The van der Waals surface area contributed by atoms with Gasteiger partial charge in [0.15, 0.2) is 0 Å². The fraction of sp³-hybridized carbons (Fsp3) is 0.389. The van der Waals surface area contributed by atoms with Gasteiger partial charge < -0.3 is 10.4 Å². The molecule has 0 aromatic heterocycles. The Morgan fingerprint density at radius 2 is 1.81 bits per heavy atom. The second kappa shape index (κ2) is 5.76. The van der Waals surface area contributed by atoms with Gasteiger partial charge in [0.05, 0.1) is 5.56 Å². The molecule has 2 N–H and O–H groups in total. The van der Waals surface area contributed by atoms with Crippen molar-refractivity contribution < 1.29 is 9.90 Å². The van der Waals surface area contributed by atoms with Gasteiger partial charge in [-0.25, -0.2) is 4.79 Å². The maximum Gasteiger partial charge on any atom is 0.336 e. The van der Waals surface area contributed by atoms with E-state index >= 15 is 0 Å². The van der Waals surface area contributed by atoms with Gasteiger partial charge in [0, 0.05) is 17.1 Å². The molecule has 3 heteroatoms. The zero-order chi connectivity index (χ0) is 14.8. The summed E-state index contributed by atoms with van der Waals surface area (Å²) in [7, 11) is 0. The number of carbonyl (C=O) groups is 1. The topological polar surface area (TPSA) is 49.3 Å². The summed E-state index contributed by atoms with van der Waals surface area (Å²) in [5.74, 6) is -0.208. The molecule has 3 nitrogen and oxygen atoms in total. The molecule has 2 unspecified atom stereocenters. The Bertz CT molecular complexity index is 665. The molecule has 1 aliphatic carbocycles. The van der Waals surface area contributed by atoms with Gasteiger partial charge in [0.25, 0.3) is 0 Å². The lowest BCUT2D eigenvalue weighted by molar-refractivity contribution is 0.0699. The Labute approximate surface area is 125 Å². The van der Waals surface area contributed by atoms with Gasteiger partial charge in [-0.05, 0) is 36.3 Å². The average molecular weight is 283 g/mol. The van der Waals surface area contributed by atoms with Crippen molar-refractivity contribution in [2.75, 3.05) is 5.32 Å². The maximum absolute atomic E-state index is 11.3. The second-order valence-corrected chi connectivity index (χ2v) is 6.02. The molecule has 2 atom stereocenters. The monoisotopic (exact) mass is 283 g/mol. The molecule has 1 fully saturated rings. The maximum atomic E-state index is 11.3. The van der Waals surface area contributed by atoms with E-state index in [1.54, 1.807) is 6.07 Å². The van der Waals surface area contributed by atoms with Crippen LogP contribution in [0.2, 0.25) is 0 Å². The Hall–Kier alpha value is -2.03. The van der Waals surface area contributed by atoms with Crippen LogP contribution in [0.25, 0.3) is 10.8 Å². The van der Waals surface area contributed by atoms with Crippen LogP contribution in [0.3, 0.4) is 0 Å². The molecule has 0 amide bonds. The van der Waals surface area contributed by atoms with Crippen LogP contribution in [0.5, 0.6) is 0 Å². The minimum absolute atomic E-state index is 0.368. The predicted octanol–water partition coefficient (Wildman–Crippen LogP) is 4.53. The molecule has 1 saturated carbocycles. The third kappa shape index (κ3) is 2.73. The fourth-order valence-electron chi connectivity index (χ4n) is 3.34. The van der Waals surface area contributed by atoms with Gasteiger partial charge in [0.2, 0.25) is 0 Å². The third-order valence-electron chi connectivity index (χ3n) is 4.61. The summed E-state index contributed by atoms with van der Waals surface area (Å²) in [6, 6.07) is 11.8. The van der Waals surface area contributed by atoms with Crippen LogP contribution in [0.1, 0.15) is 43.0 Å². The van der Waals surface area contributed by atoms with E-state index in [0.717, 1.165) is 16.5 Å². The quantitative estimate of drug-likeness (QED) is 0.870. The SMILES string of the molecule is CC1CCCCC1Nc1ccc(C(=O)O)c2ccccc12. The molecule has 21 heavy (non-hydrogen) atoms. The fourth-order valence-corrected chi connectivity index (χ4v) is 3.34. The highest BCUT2D eigenvalue weighted by Gasteiger charge is 2.22. The Balaban J connectivity index is 1.99. The Morgan fingerprint density at radius 3 is 2.52 bits per heavy atom. The van der Waals surface area contributed by atoms with E-state index in [9.17, 15) is 9.90 Å². The molecule has 0 aliphatic heterocycles. The van der Waals surface area contributed by atoms with Crippen LogP contribution in [0.4, 0.5) is 5.69 Å². The molecule has 1 aliphatic rings. The smallest absolute Gasteiger partial charge is 0.336 e. The first-order chi connectivity index (χ1) is 10.2. The van der Waals surface area contributed by atoms with E-state index in [0.29, 0.717) is 17.5 Å². The van der Waals surface area contributed by atoms with Gasteiger partial charge in [-0.15, -0.1) is 0 Å². The van der Waals surface area contributed by atoms with E-state index in [4.69, 9.17) is 0 Å². The van der Waals surface area contributed by atoms with Crippen LogP contribution >= 0.6 is 0 Å². The number of carboxylic acid groups (broad SMARTS) is 1. The average Bonchev–Trinajstić information content (AvgIpc) is 2.49. The zero-order valence-corrected chi connectivity index (χ0v) is 12.3. The predicted molar refractivity (Wildman–Crippen MR) is 86.0 cm³/mol. The molecule has 2 aromatic rings. The summed E-state index contributed by atoms with van der Waals surface area (Å²) in [6.45, 7) is 2.30. The second-order valence-electron chi connectivity index (χ2n) is 6.02. The molecule has 0 saturated heterocycles. The van der Waals surface area contributed by atoms with Crippen molar-refractivity contribution in [2.45, 2.75) is 38.6 Å². The minimum Gasteiger partial charge on any atom is -0.478 e. The highest BCUT2D eigenvalue weighted by Crippen LogP contribution is 2.31. The minimum atomic E-state index is -0.871. The van der Waals surface area contributed by atoms with Crippen LogP contribution in [-0.2, 0) is 0 Å².